The second-order valence-electron chi connectivity index (χ2n) is 5.76. The molecule has 0 amide bonds. The third kappa shape index (κ3) is 4.03. The average molecular weight is 401 g/mol. The van der Waals surface area contributed by atoms with Crippen molar-refractivity contribution in [2.45, 2.75) is 25.3 Å². The lowest BCUT2D eigenvalue weighted by atomic mass is 10.1. The fourth-order valence-corrected chi connectivity index (χ4v) is 2.83. The molecule has 7 nitrogen and oxygen atoms in total. The summed E-state index contributed by atoms with van der Waals surface area (Å²) < 4.78 is 64.8. The smallest absolute Gasteiger partial charge is 0.387 e. The molecule has 0 aliphatic rings. The van der Waals surface area contributed by atoms with Crippen molar-refractivity contribution in [1.82, 2.24) is 9.78 Å². The van der Waals surface area contributed by atoms with Gasteiger partial charge in [0.25, 0.3) is 5.52 Å². The van der Waals surface area contributed by atoms with Crippen LogP contribution in [-0.2, 0) is 17.6 Å². The topological polar surface area (TPSA) is 91.3 Å². The number of alkyl halides is 2. The summed E-state index contributed by atoms with van der Waals surface area (Å²) in [4.78, 5) is 0. The Kier molecular flexibility index (Phi) is 5.33. The number of pyridine rings is 1. The van der Waals surface area contributed by atoms with Gasteiger partial charge < -0.3 is 14.5 Å². The standard InChI is InChI=1S/C16H14F3N3O4S/c1-9(27(24)25)7-21-13-4-11(8-22(23)14(13)6-20-21)10-2-3-12(17)15(5-10)26-16(18)19/h2-6,8-9,16H,7H2,1H3,(H,24,25). The third-order valence-electron chi connectivity index (χ3n) is 3.90. The van der Waals surface area contributed by atoms with E-state index in [2.05, 4.69) is 9.84 Å². The molecule has 2 unspecified atom stereocenters. The fourth-order valence-electron chi connectivity index (χ4n) is 2.56. The van der Waals surface area contributed by atoms with E-state index in [1.54, 1.807) is 13.0 Å². The Morgan fingerprint density at radius 2 is 2.11 bits per heavy atom. The van der Waals surface area contributed by atoms with E-state index in [-0.39, 0.29) is 17.6 Å². The molecule has 0 aliphatic carbocycles. The van der Waals surface area contributed by atoms with Crippen molar-refractivity contribution in [1.29, 1.82) is 0 Å². The quantitative estimate of drug-likeness (QED) is 0.390. The van der Waals surface area contributed by atoms with E-state index in [4.69, 9.17) is 4.55 Å². The molecule has 0 radical (unpaired) electrons. The van der Waals surface area contributed by atoms with Crippen LogP contribution < -0.4 is 9.47 Å². The fraction of sp³-hybridized carbons (Fsp3) is 0.250. The molecule has 3 aromatic rings. The molecule has 0 saturated heterocycles. The van der Waals surface area contributed by atoms with Crippen LogP contribution in [0.1, 0.15) is 6.92 Å². The number of hydrogen-bond donors (Lipinski definition) is 1. The van der Waals surface area contributed by atoms with E-state index < -0.39 is 34.5 Å². The van der Waals surface area contributed by atoms with Gasteiger partial charge in [-0.05, 0) is 30.7 Å². The summed E-state index contributed by atoms with van der Waals surface area (Å²) in [6.07, 6.45) is 2.51. The molecule has 2 heterocycles. The molecule has 2 atom stereocenters. The number of hydrogen-bond acceptors (Lipinski definition) is 4. The normalized spacial score (nSPS) is 13.9. The summed E-state index contributed by atoms with van der Waals surface area (Å²) in [5.74, 6) is -1.60. The van der Waals surface area contributed by atoms with Crippen LogP contribution in [0.5, 0.6) is 5.75 Å². The summed E-state index contributed by atoms with van der Waals surface area (Å²) in [5, 5.41) is 15.7. The lowest BCUT2D eigenvalue weighted by Gasteiger charge is -2.10. The Morgan fingerprint density at radius 3 is 2.78 bits per heavy atom. The van der Waals surface area contributed by atoms with E-state index >= 15 is 0 Å². The maximum Gasteiger partial charge on any atom is 0.387 e. The lowest BCUT2D eigenvalue weighted by molar-refractivity contribution is -0.576. The van der Waals surface area contributed by atoms with Crippen LogP contribution in [0.25, 0.3) is 22.2 Å². The van der Waals surface area contributed by atoms with Crippen LogP contribution in [-0.4, -0.2) is 30.4 Å². The van der Waals surface area contributed by atoms with Crippen LogP contribution in [0.3, 0.4) is 0 Å². The van der Waals surface area contributed by atoms with Crippen LogP contribution in [0.15, 0.2) is 36.7 Å². The minimum Gasteiger partial charge on any atom is -0.618 e. The van der Waals surface area contributed by atoms with Crippen LogP contribution >= 0.6 is 0 Å². The highest BCUT2D eigenvalue weighted by molar-refractivity contribution is 7.79. The second-order valence-corrected chi connectivity index (χ2v) is 7.12. The van der Waals surface area contributed by atoms with Gasteiger partial charge in [-0.15, -0.1) is 0 Å². The zero-order valence-corrected chi connectivity index (χ0v) is 14.7. The summed E-state index contributed by atoms with van der Waals surface area (Å²) in [5.41, 5.74) is 1.20. The van der Waals surface area contributed by atoms with E-state index in [1.165, 1.54) is 23.1 Å². The number of fused-ring (bicyclic) bond motifs is 1. The first-order chi connectivity index (χ1) is 12.8. The molecule has 2 aromatic heterocycles. The molecule has 1 aromatic carbocycles. The molecule has 0 saturated carbocycles. The van der Waals surface area contributed by atoms with Crippen LogP contribution in [0, 0.1) is 11.0 Å². The molecular formula is C16H14F3N3O4S. The van der Waals surface area contributed by atoms with Crippen molar-refractivity contribution in [3.05, 3.63) is 47.7 Å². The highest BCUT2D eigenvalue weighted by atomic mass is 32.2. The molecular weight excluding hydrogens is 387 g/mol. The number of halogens is 3. The van der Waals surface area contributed by atoms with Gasteiger partial charge in [0.1, 0.15) is 11.7 Å². The van der Waals surface area contributed by atoms with Gasteiger partial charge in [0, 0.05) is 5.56 Å². The van der Waals surface area contributed by atoms with Crippen molar-refractivity contribution in [3.8, 4) is 16.9 Å². The average Bonchev–Trinajstić information content (AvgIpc) is 2.99. The Labute approximate surface area is 153 Å². The van der Waals surface area contributed by atoms with Crippen LogP contribution in [0.2, 0.25) is 0 Å². The van der Waals surface area contributed by atoms with Crippen molar-refractivity contribution in [2.24, 2.45) is 0 Å². The van der Waals surface area contributed by atoms with Gasteiger partial charge in [0.15, 0.2) is 28.8 Å². The highest BCUT2D eigenvalue weighted by Gasteiger charge is 2.18. The van der Waals surface area contributed by atoms with Gasteiger partial charge in [-0.1, -0.05) is 6.07 Å². The van der Waals surface area contributed by atoms with Crippen molar-refractivity contribution < 1.29 is 31.4 Å². The summed E-state index contributed by atoms with van der Waals surface area (Å²) in [6.45, 7) is -1.56. The van der Waals surface area contributed by atoms with Crippen molar-refractivity contribution >= 4 is 22.1 Å². The van der Waals surface area contributed by atoms with Gasteiger partial charge >= 0.3 is 6.61 Å². The van der Waals surface area contributed by atoms with Gasteiger partial charge in [0.2, 0.25) is 0 Å². The molecule has 0 bridgehead atoms. The molecule has 1 N–H and O–H groups in total. The van der Waals surface area contributed by atoms with Gasteiger partial charge in [0.05, 0.1) is 11.8 Å². The zero-order chi connectivity index (χ0) is 19.7. The highest BCUT2D eigenvalue weighted by Crippen LogP contribution is 2.28. The molecule has 0 aliphatic heterocycles. The number of aromatic nitrogens is 3. The molecule has 3 rings (SSSR count). The predicted octanol–water partition coefficient (Wildman–Crippen LogP) is 2.69. The Balaban J connectivity index is 2.06. The summed E-state index contributed by atoms with van der Waals surface area (Å²) in [7, 11) is 0. The van der Waals surface area contributed by atoms with Crippen molar-refractivity contribution in [3.63, 3.8) is 0 Å². The zero-order valence-electron chi connectivity index (χ0n) is 13.9. The molecule has 11 heteroatoms. The first kappa shape index (κ1) is 19.1. The summed E-state index contributed by atoms with van der Waals surface area (Å²) >= 11 is -2.07. The predicted molar refractivity (Wildman–Crippen MR) is 91.0 cm³/mol. The summed E-state index contributed by atoms with van der Waals surface area (Å²) in [6, 6.07) is 4.90. The van der Waals surface area contributed by atoms with Gasteiger partial charge in [-0.3, -0.25) is 4.68 Å². The SMILES string of the molecule is CC(Cn1ncc2c1cc(-c1ccc(F)c(OC(F)F)c1)c[n+]2[O-])S(=O)O. The third-order valence-corrected chi connectivity index (χ3v) is 4.74. The number of rotatable bonds is 6. The van der Waals surface area contributed by atoms with Crippen molar-refractivity contribution in [2.75, 3.05) is 0 Å². The van der Waals surface area contributed by atoms with Gasteiger partial charge in [-0.2, -0.15) is 18.6 Å². The van der Waals surface area contributed by atoms with Crippen LogP contribution in [0.4, 0.5) is 13.2 Å². The molecule has 144 valence electrons. The maximum absolute atomic E-state index is 13.6. The lowest BCUT2D eigenvalue weighted by Crippen LogP contribution is -2.26. The number of nitrogens with zero attached hydrogens (tertiary/aromatic N) is 3. The minimum atomic E-state index is -3.19. The van der Waals surface area contributed by atoms with E-state index in [1.807, 2.05) is 0 Å². The number of ether oxygens (including phenoxy) is 1. The Hall–Kier alpha value is -2.66. The monoisotopic (exact) mass is 401 g/mol. The minimum absolute atomic E-state index is 0.0826. The van der Waals surface area contributed by atoms with Gasteiger partial charge in [-0.25, -0.2) is 8.60 Å². The largest absolute Gasteiger partial charge is 0.618 e. The van der Waals surface area contributed by atoms with E-state index in [9.17, 15) is 22.6 Å². The molecule has 0 fully saturated rings. The Bertz CT molecular complexity index is 1010. The first-order valence-electron chi connectivity index (χ1n) is 7.69. The number of benzene rings is 1. The molecule has 0 spiro atoms. The Morgan fingerprint density at radius 1 is 1.37 bits per heavy atom. The first-order valence-corrected chi connectivity index (χ1v) is 8.86. The maximum atomic E-state index is 13.6. The second kappa shape index (κ2) is 7.53. The van der Waals surface area contributed by atoms with E-state index in [0.717, 1.165) is 12.1 Å². The van der Waals surface area contributed by atoms with E-state index in [0.29, 0.717) is 15.8 Å². The molecule has 27 heavy (non-hydrogen) atoms.